The van der Waals surface area contributed by atoms with Crippen LogP contribution in [0.1, 0.15) is 17.2 Å². The molecule has 0 radical (unpaired) electrons. The fourth-order valence-electron chi connectivity index (χ4n) is 1.80. The largest absolute Gasteiger partial charge is 0.277 e. The van der Waals surface area contributed by atoms with E-state index in [1.807, 2.05) is 12.1 Å². The van der Waals surface area contributed by atoms with E-state index in [0.29, 0.717) is 0 Å². The molecule has 0 aromatic heterocycles. The van der Waals surface area contributed by atoms with E-state index in [1.54, 1.807) is 12.4 Å². The highest BCUT2D eigenvalue weighted by Gasteiger charge is 2.24. The maximum absolute atomic E-state index is 4.39. The lowest BCUT2D eigenvalue weighted by Gasteiger charge is -2.10. The third-order valence-electron chi connectivity index (χ3n) is 2.40. The van der Waals surface area contributed by atoms with Crippen molar-refractivity contribution >= 4 is 18.5 Å². The molecule has 13 heavy (non-hydrogen) atoms. The van der Waals surface area contributed by atoms with Gasteiger partial charge >= 0.3 is 0 Å². The first-order chi connectivity index (χ1) is 6.45. The third-order valence-corrected chi connectivity index (χ3v) is 2.40. The fraction of sp³-hybridized carbons (Fsp3) is 0.0909. The zero-order chi connectivity index (χ0) is 8.67. The average Bonchev–Trinajstić information content (AvgIpc) is 2.56. The van der Waals surface area contributed by atoms with Crippen LogP contribution in [0.2, 0.25) is 0 Å². The summed E-state index contributed by atoms with van der Waals surface area (Å²) in [6.07, 6.45) is 5.62. The Kier molecular flexibility index (Phi) is 1.25. The fourth-order valence-corrected chi connectivity index (χ4v) is 1.80. The van der Waals surface area contributed by atoms with Crippen molar-refractivity contribution in [2.75, 3.05) is 0 Å². The van der Waals surface area contributed by atoms with Gasteiger partial charge in [0.1, 0.15) is 6.04 Å². The molecule has 1 aromatic carbocycles. The van der Waals surface area contributed by atoms with Crippen molar-refractivity contribution < 1.29 is 0 Å². The second-order valence-electron chi connectivity index (χ2n) is 3.18. The summed E-state index contributed by atoms with van der Waals surface area (Å²) in [6, 6.07) is 8.46. The molecule has 0 saturated carbocycles. The maximum atomic E-state index is 4.39. The summed E-state index contributed by atoms with van der Waals surface area (Å²) in [4.78, 5) is 8.68. The van der Waals surface area contributed by atoms with E-state index in [-0.39, 0.29) is 6.04 Å². The van der Waals surface area contributed by atoms with E-state index < -0.39 is 0 Å². The smallest absolute Gasteiger partial charge is 0.118 e. The summed E-state index contributed by atoms with van der Waals surface area (Å²) in [5, 5.41) is 0. The van der Waals surface area contributed by atoms with Gasteiger partial charge in [-0.2, -0.15) is 0 Å². The van der Waals surface area contributed by atoms with E-state index in [4.69, 9.17) is 0 Å². The zero-order valence-corrected chi connectivity index (χ0v) is 7.01. The second kappa shape index (κ2) is 2.39. The highest BCUT2D eigenvalue weighted by atomic mass is 14.9. The van der Waals surface area contributed by atoms with Crippen molar-refractivity contribution in [2.45, 2.75) is 6.04 Å². The minimum absolute atomic E-state index is 0.154. The predicted octanol–water partition coefficient (Wildman–Crippen LogP) is 2.24. The minimum atomic E-state index is 0.154. The van der Waals surface area contributed by atoms with Crippen LogP contribution in [-0.2, 0) is 0 Å². The molecule has 1 unspecified atom stereocenters. The van der Waals surface area contributed by atoms with Gasteiger partial charge in [-0.3, -0.25) is 9.98 Å². The zero-order valence-electron chi connectivity index (χ0n) is 7.01. The molecule has 1 atom stereocenters. The minimum Gasteiger partial charge on any atom is -0.277 e. The van der Waals surface area contributed by atoms with Crippen molar-refractivity contribution in [3.63, 3.8) is 0 Å². The van der Waals surface area contributed by atoms with Gasteiger partial charge in [-0.05, 0) is 17.2 Å². The number of benzene rings is 1. The molecule has 62 valence electrons. The van der Waals surface area contributed by atoms with E-state index in [1.165, 1.54) is 11.1 Å². The molecule has 0 bridgehead atoms. The molecule has 1 aromatic rings. The molecule has 2 aliphatic rings. The highest BCUT2D eigenvalue weighted by molar-refractivity contribution is 6.17. The lowest BCUT2D eigenvalue weighted by Crippen LogP contribution is -1.99. The molecule has 0 spiro atoms. The first-order valence-electron chi connectivity index (χ1n) is 4.31. The number of fused-ring (bicyclic) bond motifs is 3. The van der Waals surface area contributed by atoms with E-state index in [0.717, 1.165) is 5.70 Å². The van der Waals surface area contributed by atoms with Crippen LogP contribution in [0.5, 0.6) is 0 Å². The predicted molar refractivity (Wildman–Crippen MR) is 54.1 cm³/mol. The summed E-state index contributed by atoms with van der Waals surface area (Å²) in [6.45, 7) is 0. The van der Waals surface area contributed by atoms with Gasteiger partial charge in [-0.1, -0.05) is 24.3 Å². The standard InChI is InChI=1S/C11H8N2/c1-2-4-9-8(3-1)7-10-11(9)13-6-5-12-10/h1-7,11H. The van der Waals surface area contributed by atoms with Crippen LogP contribution in [0.15, 0.2) is 39.9 Å². The SMILES string of the molecule is C1=NC2=Cc3ccccc3C2N=C1. The average molecular weight is 168 g/mol. The van der Waals surface area contributed by atoms with Gasteiger partial charge in [-0.25, -0.2) is 0 Å². The molecule has 1 heterocycles. The molecule has 2 heteroatoms. The molecule has 0 fully saturated rings. The molecule has 0 N–H and O–H groups in total. The van der Waals surface area contributed by atoms with Crippen LogP contribution < -0.4 is 0 Å². The van der Waals surface area contributed by atoms with Crippen LogP contribution in [0.3, 0.4) is 0 Å². The van der Waals surface area contributed by atoms with Crippen molar-refractivity contribution in [1.82, 2.24) is 0 Å². The number of hydrogen-bond acceptors (Lipinski definition) is 2. The lowest BCUT2D eigenvalue weighted by atomic mass is 10.1. The van der Waals surface area contributed by atoms with Gasteiger partial charge in [0.15, 0.2) is 0 Å². The van der Waals surface area contributed by atoms with Crippen LogP contribution in [-0.4, -0.2) is 12.4 Å². The summed E-state index contributed by atoms with van der Waals surface area (Å²) in [5.41, 5.74) is 3.58. The van der Waals surface area contributed by atoms with Gasteiger partial charge in [0.2, 0.25) is 0 Å². The quantitative estimate of drug-likeness (QED) is 0.567. The Hall–Kier alpha value is -1.70. The summed E-state index contributed by atoms with van der Waals surface area (Å²) < 4.78 is 0. The van der Waals surface area contributed by atoms with Crippen LogP contribution in [0.25, 0.3) is 6.08 Å². The maximum Gasteiger partial charge on any atom is 0.118 e. The van der Waals surface area contributed by atoms with Crippen molar-refractivity contribution in [2.24, 2.45) is 9.98 Å². The topological polar surface area (TPSA) is 24.7 Å². The Labute approximate surface area is 76.3 Å². The normalized spacial score (nSPS) is 22.5. The first-order valence-corrected chi connectivity index (χ1v) is 4.31. The van der Waals surface area contributed by atoms with Crippen LogP contribution >= 0.6 is 0 Å². The highest BCUT2D eigenvalue weighted by Crippen LogP contribution is 2.38. The molecular formula is C11H8N2. The number of aliphatic imine (C=N–C) groups is 2. The molecular weight excluding hydrogens is 160 g/mol. The van der Waals surface area contributed by atoms with Gasteiger partial charge in [0, 0.05) is 12.4 Å². The van der Waals surface area contributed by atoms with Crippen LogP contribution in [0, 0.1) is 0 Å². The summed E-state index contributed by atoms with van der Waals surface area (Å²) >= 11 is 0. The number of nitrogens with zero attached hydrogens (tertiary/aromatic N) is 2. The van der Waals surface area contributed by atoms with Crippen molar-refractivity contribution in [1.29, 1.82) is 0 Å². The van der Waals surface area contributed by atoms with Gasteiger partial charge < -0.3 is 0 Å². The molecule has 2 nitrogen and oxygen atoms in total. The van der Waals surface area contributed by atoms with Gasteiger partial charge in [0.25, 0.3) is 0 Å². The lowest BCUT2D eigenvalue weighted by molar-refractivity contribution is 0.861. The number of hydrogen-bond donors (Lipinski definition) is 0. The molecule has 0 saturated heterocycles. The van der Waals surface area contributed by atoms with E-state index in [2.05, 4.69) is 28.2 Å². The molecule has 1 aliphatic heterocycles. The van der Waals surface area contributed by atoms with Gasteiger partial charge in [0.05, 0.1) is 5.70 Å². The van der Waals surface area contributed by atoms with Crippen molar-refractivity contribution in [3.05, 3.63) is 41.1 Å². The Morgan fingerprint density at radius 1 is 1.08 bits per heavy atom. The van der Waals surface area contributed by atoms with E-state index >= 15 is 0 Å². The van der Waals surface area contributed by atoms with Crippen LogP contribution in [0.4, 0.5) is 0 Å². The molecule has 0 amide bonds. The second-order valence-corrected chi connectivity index (χ2v) is 3.18. The summed E-state index contributed by atoms with van der Waals surface area (Å²) in [5.74, 6) is 0. The number of rotatable bonds is 0. The molecule has 3 rings (SSSR count). The first kappa shape index (κ1) is 6.78. The Morgan fingerprint density at radius 2 is 2.00 bits per heavy atom. The Balaban J connectivity index is 2.22. The Morgan fingerprint density at radius 3 is 3.00 bits per heavy atom. The monoisotopic (exact) mass is 168 g/mol. The van der Waals surface area contributed by atoms with E-state index in [9.17, 15) is 0 Å². The summed E-state index contributed by atoms with van der Waals surface area (Å²) in [7, 11) is 0. The Bertz CT molecular complexity index is 441. The van der Waals surface area contributed by atoms with Gasteiger partial charge in [-0.15, -0.1) is 0 Å². The third kappa shape index (κ3) is 0.886. The molecule has 1 aliphatic carbocycles. The van der Waals surface area contributed by atoms with Crippen molar-refractivity contribution in [3.8, 4) is 0 Å².